The van der Waals surface area contributed by atoms with Crippen LogP contribution in [0.2, 0.25) is 0 Å². The van der Waals surface area contributed by atoms with Gasteiger partial charge in [-0.25, -0.2) is 4.98 Å². The van der Waals surface area contributed by atoms with Gasteiger partial charge in [0.25, 0.3) is 0 Å². The molecule has 3 aromatic rings. The number of imidazole rings is 1. The third-order valence-electron chi connectivity index (χ3n) is 3.26. The van der Waals surface area contributed by atoms with E-state index >= 15 is 0 Å². The molecule has 0 saturated carbocycles. The minimum absolute atomic E-state index is 0.134. The van der Waals surface area contributed by atoms with Crippen LogP contribution in [-0.4, -0.2) is 33.8 Å². The third kappa shape index (κ3) is 4.56. The summed E-state index contributed by atoms with van der Waals surface area (Å²) in [5, 5.41) is 0. The van der Waals surface area contributed by atoms with Gasteiger partial charge in [0.1, 0.15) is 17.8 Å². The third-order valence-corrected chi connectivity index (χ3v) is 4.26. The molecule has 0 amide bonds. The number of fused-ring (bicyclic) bond motifs is 1. The first-order valence-corrected chi connectivity index (χ1v) is 8.18. The largest absolute Gasteiger partial charge is 0.497 e. The number of hydrogen-bond acceptors (Lipinski definition) is 5. The fraction of sp³-hybridized carbons (Fsp3) is 0.250. The van der Waals surface area contributed by atoms with Gasteiger partial charge in [-0.2, -0.15) is 13.2 Å². The highest BCUT2D eigenvalue weighted by Crippen LogP contribution is 2.26. The van der Waals surface area contributed by atoms with Gasteiger partial charge in [-0.15, -0.1) is 0 Å². The standard InChI is InChI=1S/C16H14F3N3O2S/c1-23-12-4-5-20-11(6-12)8-25-22-10-21-14-7-13(2-3-15(14)22)24-9-16(17,18)19/h2-7,10H,8-9H2,1H3. The number of halogens is 3. The maximum atomic E-state index is 12.2. The zero-order chi connectivity index (χ0) is 17.9. The summed E-state index contributed by atoms with van der Waals surface area (Å²) < 4.78 is 48.4. The lowest BCUT2D eigenvalue weighted by Crippen LogP contribution is -2.19. The molecule has 0 aliphatic carbocycles. The first-order chi connectivity index (χ1) is 11.9. The number of nitrogens with zero attached hydrogens (tertiary/aromatic N) is 3. The Morgan fingerprint density at radius 2 is 1.96 bits per heavy atom. The molecule has 25 heavy (non-hydrogen) atoms. The van der Waals surface area contributed by atoms with Crippen LogP contribution >= 0.6 is 11.9 Å². The number of pyridine rings is 1. The summed E-state index contributed by atoms with van der Waals surface area (Å²) in [5.41, 5.74) is 2.19. The number of ether oxygens (including phenoxy) is 2. The number of hydrogen-bond donors (Lipinski definition) is 0. The molecular formula is C16H14F3N3O2S. The molecule has 0 saturated heterocycles. The molecule has 0 fully saturated rings. The first-order valence-electron chi connectivity index (χ1n) is 7.23. The van der Waals surface area contributed by atoms with E-state index in [9.17, 15) is 13.2 Å². The number of rotatable bonds is 6. The van der Waals surface area contributed by atoms with Gasteiger partial charge in [-0.1, -0.05) is 0 Å². The molecule has 0 aliphatic rings. The van der Waals surface area contributed by atoms with Crippen LogP contribution in [-0.2, 0) is 5.75 Å². The first kappa shape index (κ1) is 17.4. The Bertz CT molecular complexity index is 867. The zero-order valence-electron chi connectivity index (χ0n) is 13.2. The second-order valence-corrected chi connectivity index (χ2v) is 6.03. The van der Waals surface area contributed by atoms with Crippen molar-refractivity contribution in [1.29, 1.82) is 0 Å². The van der Waals surface area contributed by atoms with E-state index in [1.54, 1.807) is 31.8 Å². The Balaban J connectivity index is 1.70. The van der Waals surface area contributed by atoms with Crippen molar-refractivity contribution in [1.82, 2.24) is 13.9 Å². The maximum Gasteiger partial charge on any atom is 0.422 e. The van der Waals surface area contributed by atoms with Crippen LogP contribution in [0.4, 0.5) is 13.2 Å². The van der Waals surface area contributed by atoms with Gasteiger partial charge in [0.2, 0.25) is 0 Å². The quantitative estimate of drug-likeness (QED) is 0.655. The van der Waals surface area contributed by atoms with Gasteiger partial charge in [0.05, 0.1) is 29.6 Å². The maximum absolute atomic E-state index is 12.2. The van der Waals surface area contributed by atoms with Crippen LogP contribution in [0.25, 0.3) is 11.0 Å². The normalized spacial score (nSPS) is 11.7. The zero-order valence-corrected chi connectivity index (χ0v) is 14.0. The molecule has 5 nitrogen and oxygen atoms in total. The lowest BCUT2D eigenvalue weighted by molar-refractivity contribution is -0.153. The van der Waals surface area contributed by atoms with E-state index < -0.39 is 12.8 Å². The number of alkyl halides is 3. The second-order valence-electron chi connectivity index (χ2n) is 5.09. The van der Waals surface area contributed by atoms with Gasteiger partial charge >= 0.3 is 6.18 Å². The van der Waals surface area contributed by atoms with Crippen LogP contribution in [0.1, 0.15) is 5.69 Å². The summed E-state index contributed by atoms with van der Waals surface area (Å²) in [4.78, 5) is 8.47. The smallest absolute Gasteiger partial charge is 0.422 e. The van der Waals surface area contributed by atoms with Crippen molar-refractivity contribution >= 4 is 23.0 Å². The summed E-state index contributed by atoms with van der Waals surface area (Å²) in [6.45, 7) is -1.32. The molecule has 0 radical (unpaired) electrons. The highest BCUT2D eigenvalue weighted by molar-refractivity contribution is 7.97. The Morgan fingerprint density at radius 3 is 2.72 bits per heavy atom. The Labute approximate surface area is 145 Å². The fourth-order valence-electron chi connectivity index (χ4n) is 2.13. The van der Waals surface area contributed by atoms with Gasteiger partial charge in [-0.05, 0) is 30.1 Å². The highest BCUT2D eigenvalue weighted by Gasteiger charge is 2.28. The van der Waals surface area contributed by atoms with Gasteiger partial charge in [0, 0.05) is 18.3 Å². The Morgan fingerprint density at radius 1 is 1.12 bits per heavy atom. The molecule has 0 spiro atoms. The summed E-state index contributed by atoms with van der Waals surface area (Å²) in [6, 6.07) is 8.27. The summed E-state index contributed by atoms with van der Waals surface area (Å²) in [7, 11) is 1.59. The molecule has 0 bridgehead atoms. The Kier molecular flexibility index (Phi) is 5.03. The van der Waals surface area contributed by atoms with E-state index in [0.717, 1.165) is 17.0 Å². The highest BCUT2D eigenvalue weighted by atomic mass is 32.2. The van der Waals surface area contributed by atoms with Crippen LogP contribution in [0.3, 0.4) is 0 Å². The van der Waals surface area contributed by atoms with E-state index in [-0.39, 0.29) is 5.75 Å². The molecule has 132 valence electrons. The minimum atomic E-state index is -4.37. The lowest BCUT2D eigenvalue weighted by Gasteiger charge is -2.09. The van der Waals surface area contributed by atoms with Crippen LogP contribution in [0, 0.1) is 0 Å². The SMILES string of the molecule is COc1ccnc(CSn2cnc3cc(OCC(F)(F)F)ccc32)c1. The molecular weight excluding hydrogens is 355 g/mol. The van der Waals surface area contributed by atoms with Crippen LogP contribution in [0.5, 0.6) is 11.5 Å². The molecule has 0 unspecified atom stereocenters. The van der Waals surface area contributed by atoms with E-state index in [1.165, 1.54) is 24.1 Å². The molecule has 1 aromatic carbocycles. The predicted octanol–water partition coefficient (Wildman–Crippen LogP) is 4.08. The van der Waals surface area contributed by atoms with Crippen LogP contribution in [0.15, 0.2) is 42.9 Å². The summed E-state index contributed by atoms with van der Waals surface area (Å²) in [5.74, 6) is 1.46. The van der Waals surface area contributed by atoms with Gasteiger partial charge < -0.3 is 9.47 Å². The topological polar surface area (TPSA) is 49.2 Å². The van der Waals surface area contributed by atoms with Crippen molar-refractivity contribution in [2.24, 2.45) is 0 Å². The van der Waals surface area contributed by atoms with Gasteiger partial charge in [0.15, 0.2) is 6.61 Å². The van der Waals surface area contributed by atoms with Crippen molar-refractivity contribution < 1.29 is 22.6 Å². The van der Waals surface area contributed by atoms with E-state index in [2.05, 4.69) is 9.97 Å². The average molecular weight is 369 g/mol. The predicted molar refractivity (Wildman–Crippen MR) is 88.8 cm³/mol. The molecule has 0 atom stereocenters. The summed E-state index contributed by atoms with van der Waals surface area (Å²) >= 11 is 1.47. The van der Waals surface area contributed by atoms with Crippen molar-refractivity contribution in [3.8, 4) is 11.5 Å². The molecule has 9 heteroatoms. The molecule has 0 aliphatic heterocycles. The fourth-order valence-corrected chi connectivity index (χ4v) is 2.96. The molecule has 2 aromatic heterocycles. The van der Waals surface area contributed by atoms with Crippen LogP contribution < -0.4 is 9.47 Å². The average Bonchev–Trinajstić information content (AvgIpc) is 3.00. The second kappa shape index (κ2) is 7.22. The summed E-state index contributed by atoms with van der Waals surface area (Å²) in [6.07, 6.45) is -1.08. The van der Waals surface area contributed by atoms with E-state index in [1.807, 2.05) is 10.0 Å². The van der Waals surface area contributed by atoms with E-state index in [4.69, 9.17) is 9.47 Å². The van der Waals surface area contributed by atoms with Crippen molar-refractivity contribution in [3.63, 3.8) is 0 Å². The molecule has 3 rings (SSSR count). The minimum Gasteiger partial charge on any atom is -0.497 e. The number of methoxy groups -OCH3 is 1. The van der Waals surface area contributed by atoms with E-state index in [0.29, 0.717) is 11.3 Å². The Hall–Kier alpha value is -2.42. The molecule has 2 heterocycles. The lowest BCUT2D eigenvalue weighted by atomic mass is 10.3. The number of benzene rings is 1. The van der Waals surface area contributed by atoms with Crippen molar-refractivity contribution in [2.45, 2.75) is 11.9 Å². The van der Waals surface area contributed by atoms with Gasteiger partial charge in [-0.3, -0.25) is 8.96 Å². The van der Waals surface area contributed by atoms with Crippen molar-refractivity contribution in [2.75, 3.05) is 13.7 Å². The number of aromatic nitrogens is 3. The molecule has 0 N–H and O–H groups in total. The monoisotopic (exact) mass is 369 g/mol. The van der Waals surface area contributed by atoms with Crippen molar-refractivity contribution in [3.05, 3.63) is 48.5 Å².